The van der Waals surface area contributed by atoms with E-state index in [1.165, 1.54) is 0 Å². The van der Waals surface area contributed by atoms with Crippen LogP contribution in [0.5, 0.6) is 0 Å². The van der Waals surface area contributed by atoms with Gasteiger partial charge in [0.1, 0.15) is 78.2 Å². The van der Waals surface area contributed by atoms with E-state index in [9.17, 15) is 0 Å². The number of hydrogen-bond acceptors (Lipinski definition) is 20. The maximum atomic E-state index is 5.02. The van der Waals surface area contributed by atoms with Crippen LogP contribution in [0.15, 0.2) is 426 Å². The average Bonchev–Trinajstić information content (AvgIpc) is 0.774. The van der Waals surface area contributed by atoms with Gasteiger partial charge in [-0.05, 0) is 182 Å². The number of aromatic nitrogens is 11. The number of rotatable bonds is 9. The molecule has 0 radical (unpaired) electrons. The highest BCUT2D eigenvalue weighted by molar-refractivity contribution is 5.90. The number of para-hydroxylation sites is 9. The van der Waals surface area contributed by atoms with Crippen LogP contribution in [0.25, 0.3) is 0 Å². The summed E-state index contributed by atoms with van der Waals surface area (Å²) in [6.45, 7) is 0. The topological polar surface area (TPSA) is 171 Å². The number of hydrogen-bond donors (Lipinski definition) is 0. The number of benzene rings is 13. The van der Waals surface area contributed by atoms with Gasteiger partial charge in [-0.3, -0.25) is 34.3 Å². The summed E-state index contributed by atoms with van der Waals surface area (Å²) in [6, 6.07) is 134. The van der Waals surface area contributed by atoms with Gasteiger partial charge in [-0.2, -0.15) is 4.98 Å². The van der Waals surface area contributed by atoms with Crippen molar-refractivity contribution in [3.63, 3.8) is 0 Å². The maximum Gasteiger partial charge on any atom is 0.239 e. The van der Waals surface area contributed by atoms with Crippen LogP contribution in [0.4, 0.5) is 155 Å². The normalized spacial score (nSPS) is 12.5. The summed E-state index contributed by atoms with van der Waals surface area (Å²) in [4.78, 5) is 70.8. The summed E-state index contributed by atoms with van der Waals surface area (Å²) in [5.41, 5.74) is 16.9. The van der Waals surface area contributed by atoms with E-state index in [0.29, 0.717) is 46.8 Å². The Morgan fingerprint density at radius 3 is 0.496 bits per heavy atom. The highest BCUT2D eigenvalue weighted by Gasteiger charge is 2.29. The fraction of sp³-hybridized carbons (Fsp3) is 0. The van der Waals surface area contributed by atoms with E-state index in [1.807, 2.05) is 185 Å². The van der Waals surface area contributed by atoms with Crippen LogP contribution in [0.3, 0.4) is 0 Å². The predicted molar refractivity (Wildman–Crippen MR) is 468 cm³/mol. The van der Waals surface area contributed by atoms with Crippen LogP contribution in [0.2, 0.25) is 0 Å². The van der Waals surface area contributed by atoms with Crippen LogP contribution < -0.4 is 44.1 Å². The van der Waals surface area contributed by atoms with Crippen LogP contribution in [0.1, 0.15) is 0 Å². The van der Waals surface area contributed by atoms with Crippen LogP contribution in [-0.2, 0) is 0 Å². The van der Waals surface area contributed by atoms with Gasteiger partial charge < -0.3 is 9.80 Å². The quantitative estimate of drug-likeness (QED) is 0.133. The van der Waals surface area contributed by atoms with Gasteiger partial charge in [-0.15, -0.1) is 0 Å². The van der Waals surface area contributed by atoms with Gasteiger partial charge in [0.05, 0.1) is 11.4 Å². The third kappa shape index (κ3) is 14.7. The van der Waals surface area contributed by atoms with Crippen molar-refractivity contribution in [2.45, 2.75) is 0 Å². The van der Waals surface area contributed by atoms with E-state index < -0.39 is 0 Å². The van der Waals surface area contributed by atoms with E-state index in [-0.39, 0.29) is 0 Å². The Hall–Kier alpha value is -16.6. The molecule has 0 unspecified atom stereocenters. The summed E-state index contributed by atoms with van der Waals surface area (Å²) in [5, 5.41) is 0. The molecule has 0 amide bonds. The Bertz CT molecular complexity index is 5000. The molecule has 0 spiro atoms. The molecule has 8 heterocycles. The predicted octanol–water partition coefficient (Wildman–Crippen LogP) is 24.6. The first kappa shape index (κ1) is 70.8. The van der Waals surface area contributed by atoms with E-state index in [0.717, 1.165) is 108 Å². The molecule has 13 aromatic carbocycles. The van der Waals surface area contributed by atoms with Crippen molar-refractivity contribution in [2.24, 2.45) is 0 Å². The summed E-state index contributed by atoms with van der Waals surface area (Å²) in [6.07, 6.45) is 7.90. The van der Waals surface area contributed by atoms with Crippen LogP contribution in [0, 0.1) is 0 Å². The Morgan fingerprint density at radius 2 is 0.274 bits per heavy atom. The van der Waals surface area contributed by atoms with Crippen molar-refractivity contribution >= 4 is 155 Å². The van der Waals surface area contributed by atoms with Crippen LogP contribution in [-0.4, -0.2) is 54.8 Å². The molecule has 0 atom stereocenters. The molecule has 21 rings (SSSR count). The largest absolute Gasteiger partial charge is 0.310 e. The molecule has 0 aliphatic carbocycles. The fourth-order valence-electron chi connectivity index (χ4n) is 14.7. The van der Waals surface area contributed by atoms with E-state index in [2.05, 4.69) is 294 Å². The Balaban J connectivity index is 0.000000117. The van der Waals surface area contributed by atoms with E-state index >= 15 is 0 Å². The molecule has 5 aromatic heterocycles. The minimum atomic E-state index is 0.535. The molecule has 0 saturated heterocycles. The van der Waals surface area contributed by atoms with Crippen LogP contribution >= 0.6 is 0 Å². The van der Waals surface area contributed by atoms with Gasteiger partial charge in [0, 0.05) is 110 Å². The zero-order valence-corrected chi connectivity index (χ0v) is 62.9. The molecule has 20 heteroatoms. The zero-order chi connectivity index (χ0) is 78.1. The summed E-state index contributed by atoms with van der Waals surface area (Å²) in [5.74, 6) is 6.54. The Kier molecular flexibility index (Phi) is 19.6. The van der Waals surface area contributed by atoms with E-state index in [1.54, 1.807) is 31.6 Å². The molecular formula is C97H70N20. The monoisotopic (exact) mass is 1510 g/mol. The lowest BCUT2D eigenvalue weighted by Crippen LogP contribution is -2.20. The first-order valence-corrected chi connectivity index (χ1v) is 38.1. The number of nitrogens with zero attached hydrogens (tertiary/aromatic N) is 20. The molecule has 0 fully saturated rings. The third-order valence-corrected chi connectivity index (χ3v) is 19.8. The van der Waals surface area contributed by atoms with Crippen molar-refractivity contribution in [3.05, 3.63) is 426 Å². The maximum absolute atomic E-state index is 5.02. The first-order valence-electron chi connectivity index (χ1n) is 38.1. The SMILES string of the molecule is c1ccc(N2c3cc(ncn3)N(c3ccccc3)c3cc(ncn3)N(c3ccccc3)c3cc2ncn3)cc1.c1ccc(N2c3cccc(c3)N(c3ccccc3)c3cc(ncn3)N(c3ccccc3)c3cccc2c3)cc1.c1ccc(N2c3cccc(c3)N(c3ccccc3)c3ncnc(n3)N(c3ccccc3)c3cccc2c3)cc1. The Morgan fingerprint density at radius 1 is 0.120 bits per heavy atom. The van der Waals surface area contributed by atoms with Crippen molar-refractivity contribution in [3.8, 4) is 0 Å². The smallest absolute Gasteiger partial charge is 0.239 e. The van der Waals surface area contributed by atoms with Crippen molar-refractivity contribution in [2.75, 3.05) is 44.1 Å². The van der Waals surface area contributed by atoms with Gasteiger partial charge in [-0.1, -0.05) is 188 Å². The van der Waals surface area contributed by atoms with E-state index in [4.69, 9.17) is 15.0 Å². The summed E-state index contributed by atoms with van der Waals surface area (Å²) >= 11 is 0. The number of fused-ring (bicyclic) bond motifs is 18. The molecular weight excluding hydrogens is 1450 g/mol. The fourth-order valence-corrected chi connectivity index (χ4v) is 14.7. The lowest BCUT2D eigenvalue weighted by molar-refractivity contribution is 0.980. The minimum Gasteiger partial charge on any atom is -0.310 e. The molecule has 0 N–H and O–H groups in total. The zero-order valence-electron chi connectivity index (χ0n) is 62.9. The molecule has 558 valence electrons. The molecule has 18 aromatic rings. The van der Waals surface area contributed by atoms with Gasteiger partial charge in [0.15, 0.2) is 0 Å². The molecule has 117 heavy (non-hydrogen) atoms. The lowest BCUT2D eigenvalue weighted by Gasteiger charge is -2.32. The number of anilines is 27. The molecule has 18 bridgehead atoms. The van der Waals surface area contributed by atoms with Gasteiger partial charge in [0.25, 0.3) is 0 Å². The van der Waals surface area contributed by atoms with Gasteiger partial charge >= 0.3 is 0 Å². The van der Waals surface area contributed by atoms with Crippen molar-refractivity contribution in [1.29, 1.82) is 0 Å². The first-order chi connectivity index (χ1) is 58.0. The van der Waals surface area contributed by atoms with Gasteiger partial charge in [-0.25, -0.2) is 49.8 Å². The Labute approximate surface area is 676 Å². The highest BCUT2D eigenvalue weighted by atomic mass is 15.4. The second-order valence-corrected chi connectivity index (χ2v) is 27.1. The molecule has 20 nitrogen and oxygen atoms in total. The third-order valence-electron chi connectivity index (χ3n) is 19.8. The minimum absolute atomic E-state index is 0.535. The lowest BCUT2D eigenvalue weighted by atomic mass is 10.1. The second-order valence-electron chi connectivity index (χ2n) is 27.1. The molecule has 3 aliphatic heterocycles. The molecule has 0 saturated carbocycles. The standard InChI is InChI=1S/C34H25N5.C33H24N6.C30H21N9/c1-4-12-26(13-5-1)37-29-18-10-20-31(22-29)38(27-14-6-2-7-15-27)33-24-34(36-25-35-33)39(28-16-8-3-9-17-28)32-21-11-19-30(37)23-32;1-4-12-25(13-5-1)37-28-18-10-20-30(22-28)38(26-14-6-2-7-15-26)32-34-24-35-33(36-32)39(27-16-8-3-9-17-27)31-21-11-19-29(37)23-31;1-4-10-22(11-5-1)37-25-16-27(33-19-31-25)38(23-12-6-2-7-13-23)29-18-30(36-21-35-29)39(24-14-8-3-9-15-24)28-17-26(37)32-20-34-28/h1-25H;1-24H;1-21H. The van der Waals surface area contributed by atoms with Crippen molar-refractivity contribution in [1.82, 2.24) is 54.8 Å². The van der Waals surface area contributed by atoms with Crippen molar-refractivity contribution < 1.29 is 0 Å². The highest BCUT2D eigenvalue weighted by Crippen LogP contribution is 2.48. The van der Waals surface area contributed by atoms with Gasteiger partial charge in [0.2, 0.25) is 11.9 Å². The average molecular weight is 1520 g/mol. The molecule has 3 aliphatic rings. The summed E-state index contributed by atoms with van der Waals surface area (Å²) in [7, 11) is 0. The second kappa shape index (κ2) is 32.4. The summed E-state index contributed by atoms with van der Waals surface area (Å²) < 4.78 is 0.